The summed E-state index contributed by atoms with van der Waals surface area (Å²) in [6, 6.07) is 4.91. The van der Waals surface area contributed by atoms with Crippen molar-refractivity contribution >= 4 is 5.84 Å². The monoisotopic (exact) mass is 251 g/mol. The number of hydrogen-bond acceptors (Lipinski definition) is 3. The van der Waals surface area contributed by atoms with E-state index in [2.05, 4.69) is 24.3 Å². The van der Waals surface area contributed by atoms with Gasteiger partial charge in [0.25, 0.3) is 0 Å². The van der Waals surface area contributed by atoms with Crippen LogP contribution in [-0.4, -0.2) is 17.1 Å². The first-order valence-corrected chi connectivity index (χ1v) is 5.93. The van der Waals surface area contributed by atoms with Gasteiger partial charge in [0.15, 0.2) is 5.84 Å². The smallest absolute Gasteiger partial charge is 0.170 e. The molecule has 1 fully saturated rings. The molecule has 0 spiro atoms. The first kappa shape index (κ1) is 12.8. The van der Waals surface area contributed by atoms with Crippen LogP contribution in [0.25, 0.3) is 0 Å². The van der Waals surface area contributed by atoms with Crippen molar-refractivity contribution in [3.8, 4) is 0 Å². The quantitative estimate of drug-likeness (QED) is 0.331. The highest BCUT2D eigenvalue weighted by Gasteiger charge is 2.44. The summed E-state index contributed by atoms with van der Waals surface area (Å²) in [5.74, 6) is -0.464. The summed E-state index contributed by atoms with van der Waals surface area (Å²) < 4.78 is 13.4. The summed E-state index contributed by atoms with van der Waals surface area (Å²) in [5, 5.41) is 14.8. The minimum atomic E-state index is -0.383. The maximum absolute atomic E-state index is 13.4. The van der Waals surface area contributed by atoms with Gasteiger partial charge in [0.2, 0.25) is 0 Å². The molecule has 18 heavy (non-hydrogen) atoms. The van der Waals surface area contributed by atoms with Crippen LogP contribution in [0.2, 0.25) is 0 Å². The van der Waals surface area contributed by atoms with Crippen LogP contribution < -0.4 is 11.1 Å². The van der Waals surface area contributed by atoms with E-state index < -0.39 is 0 Å². The third-order valence-electron chi connectivity index (χ3n) is 3.43. The van der Waals surface area contributed by atoms with Gasteiger partial charge in [-0.15, -0.1) is 0 Å². The van der Waals surface area contributed by atoms with E-state index in [-0.39, 0.29) is 11.7 Å². The Morgan fingerprint density at radius 1 is 1.56 bits per heavy atom. The molecule has 0 amide bonds. The van der Waals surface area contributed by atoms with Crippen LogP contribution in [0, 0.1) is 11.2 Å². The molecule has 1 aromatic rings. The van der Waals surface area contributed by atoms with Crippen LogP contribution in [0.3, 0.4) is 0 Å². The molecule has 0 heterocycles. The first-order valence-electron chi connectivity index (χ1n) is 5.93. The predicted octanol–water partition coefficient (Wildman–Crippen LogP) is 1.81. The van der Waals surface area contributed by atoms with E-state index in [1.807, 2.05) is 0 Å². The van der Waals surface area contributed by atoms with Crippen LogP contribution in [0.15, 0.2) is 23.4 Å². The number of halogens is 1. The zero-order valence-electron chi connectivity index (χ0n) is 10.6. The second-order valence-electron chi connectivity index (χ2n) is 5.46. The van der Waals surface area contributed by atoms with Crippen molar-refractivity contribution in [3.63, 3.8) is 0 Å². The molecule has 4 nitrogen and oxygen atoms in total. The van der Waals surface area contributed by atoms with Crippen molar-refractivity contribution in [1.82, 2.24) is 5.32 Å². The van der Waals surface area contributed by atoms with Crippen LogP contribution >= 0.6 is 0 Å². The molecule has 1 aliphatic carbocycles. The third-order valence-corrected chi connectivity index (χ3v) is 3.43. The van der Waals surface area contributed by atoms with Gasteiger partial charge in [0.05, 0.1) is 0 Å². The normalized spacial score (nSPS) is 21.9. The Hall–Kier alpha value is -1.62. The Morgan fingerprint density at radius 3 is 2.78 bits per heavy atom. The molecule has 1 aromatic carbocycles. The van der Waals surface area contributed by atoms with Crippen LogP contribution in [0.1, 0.15) is 31.4 Å². The van der Waals surface area contributed by atoms with E-state index in [0.717, 1.165) is 12.0 Å². The maximum atomic E-state index is 13.4. The van der Waals surface area contributed by atoms with E-state index in [4.69, 9.17) is 10.9 Å². The summed E-state index contributed by atoms with van der Waals surface area (Å²) in [6.07, 6.45) is 1.13. The highest BCUT2D eigenvalue weighted by atomic mass is 19.1. The highest BCUT2D eigenvalue weighted by Crippen LogP contribution is 2.44. The van der Waals surface area contributed by atoms with Gasteiger partial charge in [-0.3, -0.25) is 0 Å². The van der Waals surface area contributed by atoms with Crippen LogP contribution in [0.5, 0.6) is 0 Å². The van der Waals surface area contributed by atoms with Crippen molar-refractivity contribution in [2.24, 2.45) is 16.3 Å². The van der Waals surface area contributed by atoms with Gasteiger partial charge in [0, 0.05) is 18.2 Å². The average molecular weight is 251 g/mol. The molecule has 0 aliphatic heterocycles. The molecule has 0 aromatic heterocycles. The Bertz CT molecular complexity index is 485. The molecule has 1 saturated carbocycles. The lowest BCUT2D eigenvalue weighted by molar-refractivity contribution is 0.318. The van der Waals surface area contributed by atoms with Crippen molar-refractivity contribution in [3.05, 3.63) is 35.1 Å². The fraction of sp³-hybridized carbons (Fsp3) is 0.462. The standard InChI is InChI=1S/C13H18FN3O/c1-13(2)6-11(13)16-7-8-3-9(12(15)17-18)5-10(14)4-8/h3-5,11,16,18H,6-7H2,1-2H3,(H2,15,17). The molecule has 98 valence electrons. The molecular formula is C13H18FN3O. The lowest BCUT2D eigenvalue weighted by Crippen LogP contribution is -2.21. The summed E-state index contributed by atoms with van der Waals surface area (Å²) in [5.41, 5.74) is 6.98. The summed E-state index contributed by atoms with van der Waals surface area (Å²) in [7, 11) is 0. The number of nitrogens with one attached hydrogen (secondary N) is 1. The van der Waals surface area contributed by atoms with Crippen LogP contribution in [0.4, 0.5) is 4.39 Å². The van der Waals surface area contributed by atoms with Gasteiger partial charge in [0.1, 0.15) is 5.82 Å². The van der Waals surface area contributed by atoms with Gasteiger partial charge < -0.3 is 16.3 Å². The number of benzene rings is 1. The highest BCUT2D eigenvalue weighted by molar-refractivity contribution is 5.97. The van der Waals surface area contributed by atoms with Gasteiger partial charge >= 0.3 is 0 Å². The van der Waals surface area contributed by atoms with Gasteiger partial charge in [-0.2, -0.15) is 0 Å². The van der Waals surface area contributed by atoms with E-state index in [9.17, 15) is 4.39 Å². The van der Waals surface area contributed by atoms with E-state index in [0.29, 0.717) is 23.6 Å². The van der Waals surface area contributed by atoms with Crippen molar-refractivity contribution in [1.29, 1.82) is 0 Å². The lowest BCUT2D eigenvalue weighted by atomic mass is 10.1. The Kier molecular flexibility index (Phi) is 3.26. The van der Waals surface area contributed by atoms with Gasteiger partial charge in [-0.05, 0) is 35.6 Å². The fourth-order valence-electron chi connectivity index (χ4n) is 2.01. The number of nitrogens with two attached hydrogens (primary N) is 1. The minimum absolute atomic E-state index is 0.0810. The third kappa shape index (κ3) is 2.79. The lowest BCUT2D eigenvalue weighted by Gasteiger charge is -2.08. The Morgan fingerprint density at radius 2 is 2.22 bits per heavy atom. The largest absolute Gasteiger partial charge is 0.409 e. The number of rotatable bonds is 4. The van der Waals surface area contributed by atoms with E-state index >= 15 is 0 Å². The topological polar surface area (TPSA) is 70.6 Å². The fourth-order valence-corrected chi connectivity index (χ4v) is 2.01. The Labute approximate surface area is 106 Å². The van der Waals surface area contributed by atoms with Crippen molar-refractivity contribution in [2.75, 3.05) is 0 Å². The minimum Gasteiger partial charge on any atom is -0.409 e. The first-order chi connectivity index (χ1) is 8.42. The molecule has 0 bridgehead atoms. The van der Waals surface area contributed by atoms with Crippen LogP contribution in [-0.2, 0) is 6.54 Å². The molecule has 4 N–H and O–H groups in total. The molecule has 0 radical (unpaired) electrons. The predicted molar refractivity (Wildman–Crippen MR) is 67.9 cm³/mol. The van der Waals surface area contributed by atoms with E-state index in [1.54, 1.807) is 6.07 Å². The summed E-state index contributed by atoms with van der Waals surface area (Å²) >= 11 is 0. The summed E-state index contributed by atoms with van der Waals surface area (Å²) in [6.45, 7) is 4.97. The zero-order valence-corrected chi connectivity index (χ0v) is 10.6. The SMILES string of the molecule is CC1(C)CC1NCc1cc(F)cc(/C(N)=N/O)c1. The maximum Gasteiger partial charge on any atom is 0.170 e. The second kappa shape index (κ2) is 4.57. The number of oxime groups is 1. The summed E-state index contributed by atoms with van der Waals surface area (Å²) in [4.78, 5) is 0. The average Bonchev–Trinajstić information content (AvgIpc) is 2.93. The number of amidine groups is 1. The molecule has 5 heteroatoms. The zero-order chi connectivity index (χ0) is 13.3. The van der Waals surface area contributed by atoms with Gasteiger partial charge in [-0.25, -0.2) is 4.39 Å². The van der Waals surface area contributed by atoms with Gasteiger partial charge in [-0.1, -0.05) is 19.0 Å². The molecule has 2 rings (SSSR count). The van der Waals surface area contributed by atoms with Crippen molar-refractivity contribution in [2.45, 2.75) is 32.9 Å². The second-order valence-corrected chi connectivity index (χ2v) is 5.46. The molecular weight excluding hydrogens is 233 g/mol. The molecule has 1 unspecified atom stereocenters. The molecule has 0 saturated heterocycles. The molecule has 1 aliphatic rings. The molecule has 1 atom stereocenters. The van der Waals surface area contributed by atoms with E-state index in [1.165, 1.54) is 12.1 Å². The number of nitrogens with zero attached hydrogens (tertiary/aromatic N) is 1. The Balaban J connectivity index is 2.06. The van der Waals surface area contributed by atoms with Crippen molar-refractivity contribution < 1.29 is 9.60 Å². The number of hydrogen-bond donors (Lipinski definition) is 3.